The first kappa shape index (κ1) is 54.9. The Morgan fingerprint density at radius 3 is 0.965 bits per heavy atom. The minimum absolute atomic E-state index is 0.0740. The molecule has 0 radical (unpaired) electrons. The van der Waals surface area contributed by atoms with Crippen molar-refractivity contribution in [1.82, 2.24) is 0 Å². The monoisotopic (exact) mass is 803 g/mol. The SMILES string of the molecule is CC/C=C\CCCCCCCC(=O)OCC(COC(=O)CCCCCCCCCCCCCCCCC)OC(=O)CCCCCCC/C=C\CCCCCCCC. The fraction of sp³-hybridized carbons (Fsp3) is 0.863. The van der Waals surface area contributed by atoms with E-state index in [1.165, 1.54) is 148 Å². The van der Waals surface area contributed by atoms with Gasteiger partial charge in [-0.2, -0.15) is 0 Å². The fourth-order valence-corrected chi connectivity index (χ4v) is 7.20. The standard InChI is InChI=1S/C51H94O6/c1-4-7-10-13-16-19-21-23-25-27-29-32-35-38-41-44-50(53)56-47-48(46-55-49(52)43-40-37-34-31-18-15-12-9-6-3)57-51(54)45-42-39-36-33-30-28-26-24-22-20-17-14-11-8-5-2/h9,12,24,26,48H,4-8,10-11,13-23,25,27-47H2,1-3H3/b12-9-,26-24-. The molecular weight excluding hydrogens is 709 g/mol. The number of unbranched alkanes of at least 4 members (excludes halogenated alkanes) is 30. The Hall–Kier alpha value is -2.11. The molecule has 0 fully saturated rings. The number of carbonyl (C=O) groups is 3. The second-order valence-corrected chi connectivity index (χ2v) is 16.7. The highest BCUT2D eigenvalue weighted by Crippen LogP contribution is 2.15. The molecule has 1 atom stereocenters. The van der Waals surface area contributed by atoms with Gasteiger partial charge in [-0.1, -0.05) is 206 Å². The Morgan fingerprint density at radius 2 is 0.632 bits per heavy atom. The van der Waals surface area contributed by atoms with Crippen LogP contribution >= 0.6 is 0 Å². The number of esters is 3. The van der Waals surface area contributed by atoms with E-state index in [-0.39, 0.29) is 31.1 Å². The van der Waals surface area contributed by atoms with E-state index in [2.05, 4.69) is 45.1 Å². The molecule has 0 amide bonds. The van der Waals surface area contributed by atoms with Crippen LogP contribution < -0.4 is 0 Å². The second-order valence-electron chi connectivity index (χ2n) is 16.7. The second kappa shape index (κ2) is 46.6. The summed E-state index contributed by atoms with van der Waals surface area (Å²) in [7, 11) is 0. The van der Waals surface area contributed by atoms with Crippen LogP contribution in [0.15, 0.2) is 24.3 Å². The molecule has 0 N–H and O–H groups in total. The van der Waals surface area contributed by atoms with Gasteiger partial charge >= 0.3 is 17.9 Å². The van der Waals surface area contributed by atoms with Gasteiger partial charge in [0.05, 0.1) is 0 Å². The summed E-state index contributed by atoms with van der Waals surface area (Å²) >= 11 is 0. The highest BCUT2D eigenvalue weighted by atomic mass is 16.6. The predicted octanol–water partition coefficient (Wildman–Crippen LogP) is 16.0. The van der Waals surface area contributed by atoms with Gasteiger partial charge in [0.1, 0.15) is 13.2 Å². The molecule has 0 aromatic carbocycles. The first-order valence-corrected chi connectivity index (χ1v) is 24.8. The zero-order valence-electron chi connectivity index (χ0n) is 38.1. The highest BCUT2D eigenvalue weighted by Gasteiger charge is 2.19. The van der Waals surface area contributed by atoms with Crippen LogP contribution in [0.25, 0.3) is 0 Å². The lowest BCUT2D eigenvalue weighted by Gasteiger charge is -2.18. The maximum absolute atomic E-state index is 12.7. The van der Waals surface area contributed by atoms with E-state index in [0.29, 0.717) is 19.3 Å². The summed E-state index contributed by atoms with van der Waals surface area (Å²) in [5.41, 5.74) is 0. The van der Waals surface area contributed by atoms with Crippen LogP contribution in [-0.2, 0) is 28.6 Å². The minimum Gasteiger partial charge on any atom is -0.462 e. The number of hydrogen-bond donors (Lipinski definition) is 0. The maximum atomic E-state index is 12.7. The molecule has 0 rings (SSSR count). The fourth-order valence-electron chi connectivity index (χ4n) is 7.20. The largest absolute Gasteiger partial charge is 0.462 e. The van der Waals surface area contributed by atoms with Crippen molar-refractivity contribution >= 4 is 17.9 Å². The van der Waals surface area contributed by atoms with Crippen molar-refractivity contribution in [2.24, 2.45) is 0 Å². The Kier molecular flexibility index (Phi) is 44.9. The summed E-state index contributed by atoms with van der Waals surface area (Å²) in [5, 5.41) is 0. The average molecular weight is 803 g/mol. The summed E-state index contributed by atoms with van der Waals surface area (Å²) in [5.74, 6) is -0.885. The van der Waals surface area contributed by atoms with Crippen molar-refractivity contribution in [3.8, 4) is 0 Å². The molecule has 0 aromatic rings. The molecule has 0 heterocycles. The lowest BCUT2D eigenvalue weighted by Crippen LogP contribution is -2.30. The molecule has 0 saturated carbocycles. The van der Waals surface area contributed by atoms with E-state index in [4.69, 9.17) is 14.2 Å². The molecule has 0 aliphatic rings. The third kappa shape index (κ3) is 44.8. The normalized spacial score (nSPS) is 12.1. The number of allylic oxidation sites excluding steroid dienone is 4. The van der Waals surface area contributed by atoms with Crippen LogP contribution in [0.2, 0.25) is 0 Å². The van der Waals surface area contributed by atoms with E-state index >= 15 is 0 Å². The molecule has 0 saturated heterocycles. The van der Waals surface area contributed by atoms with Gasteiger partial charge < -0.3 is 14.2 Å². The van der Waals surface area contributed by atoms with E-state index in [0.717, 1.165) is 77.0 Å². The van der Waals surface area contributed by atoms with Crippen molar-refractivity contribution < 1.29 is 28.6 Å². The minimum atomic E-state index is -0.772. The quantitative estimate of drug-likeness (QED) is 0.0264. The van der Waals surface area contributed by atoms with E-state index in [9.17, 15) is 14.4 Å². The molecular formula is C51H94O6. The third-order valence-electron chi connectivity index (χ3n) is 10.9. The van der Waals surface area contributed by atoms with Crippen LogP contribution in [0.5, 0.6) is 0 Å². The average Bonchev–Trinajstić information content (AvgIpc) is 3.21. The summed E-state index contributed by atoms with van der Waals surface area (Å²) in [6.07, 6.45) is 51.7. The molecule has 6 heteroatoms. The number of hydrogen-bond acceptors (Lipinski definition) is 6. The number of rotatable bonds is 45. The van der Waals surface area contributed by atoms with Crippen LogP contribution in [0, 0.1) is 0 Å². The van der Waals surface area contributed by atoms with Gasteiger partial charge in [-0.05, 0) is 64.2 Å². The molecule has 57 heavy (non-hydrogen) atoms. The maximum Gasteiger partial charge on any atom is 0.306 e. The molecule has 0 aliphatic heterocycles. The molecule has 1 unspecified atom stereocenters. The Balaban J connectivity index is 4.31. The summed E-state index contributed by atoms with van der Waals surface area (Å²) < 4.78 is 16.7. The first-order valence-electron chi connectivity index (χ1n) is 24.8. The topological polar surface area (TPSA) is 78.9 Å². The van der Waals surface area contributed by atoms with Crippen molar-refractivity contribution in [1.29, 1.82) is 0 Å². The van der Waals surface area contributed by atoms with Crippen LogP contribution in [0.1, 0.15) is 265 Å². The summed E-state index contributed by atoms with van der Waals surface area (Å²) in [6, 6.07) is 0. The highest BCUT2D eigenvalue weighted by molar-refractivity contribution is 5.71. The van der Waals surface area contributed by atoms with Gasteiger partial charge in [-0.25, -0.2) is 0 Å². The van der Waals surface area contributed by atoms with Gasteiger partial charge in [-0.15, -0.1) is 0 Å². The molecule has 0 bridgehead atoms. The zero-order chi connectivity index (χ0) is 41.5. The first-order chi connectivity index (χ1) is 28.0. The predicted molar refractivity (Wildman–Crippen MR) is 243 cm³/mol. The Morgan fingerprint density at radius 1 is 0.351 bits per heavy atom. The van der Waals surface area contributed by atoms with Crippen LogP contribution in [-0.4, -0.2) is 37.2 Å². The van der Waals surface area contributed by atoms with Gasteiger partial charge in [0.2, 0.25) is 0 Å². The van der Waals surface area contributed by atoms with Gasteiger partial charge in [-0.3, -0.25) is 14.4 Å². The zero-order valence-corrected chi connectivity index (χ0v) is 38.1. The van der Waals surface area contributed by atoms with Crippen molar-refractivity contribution in [2.45, 2.75) is 271 Å². The van der Waals surface area contributed by atoms with E-state index in [1.54, 1.807) is 0 Å². The third-order valence-corrected chi connectivity index (χ3v) is 10.9. The lowest BCUT2D eigenvalue weighted by atomic mass is 10.0. The molecule has 334 valence electrons. The van der Waals surface area contributed by atoms with Crippen LogP contribution in [0.4, 0.5) is 0 Å². The Labute approximate surface area is 353 Å². The van der Waals surface area contributed by atoms with Gasteiger partial charge in [0.15, 0.2) is 6.10 Å². The van der Waals surface area contributed by atoms with E-state index < -0.39 is 6.10 Å². The number of ether oxygens (including phenoxy) is 3. The number of carbonyl (C=O) groups excluding carboxylic acids is 3. The van der Waals surface area contributed by atoms with E-state index in [1.807, 2.05) is 0 Å². The summed E-state index contributed by atoms with van der Waals surface area (Å²) in [6.45, 7) is 6.53. The molecule has 0 aliphatic carbocycles. The molecule has 0 aromatic heterocycles. The molecule has 6 nitrogen and oxygen atoms in total. The summed E-state index contributed by atoms with van der Waals surface area (Å²) in [4.78, 5) is 37.8. The van der Waals surface area contributed by atoms with Crippen molar-refractivity contribution in [3.05, 3.63) is 24.3 Å². The molecule has 0 spiro atoms. The van der Waals surface area contributed by atoms with Crippen LogP contribution in [0.3, 0.4) is 0 Å². The smallest absolute Gasteiger partial charge is 0.306 e. The van der Waals surface area contributed by atoms with Gasteiger partial charge in [0, 0.05) is 19.3 Å². The van der Waals surface area contributed by atoms with Crippen molar-refractivity contribution in [2.75, 3.05) is 13.2 Å². The lowest BCUT2D eigenvalue weighted by molar-refractivity contribution is -0.167. The van der Waals surface area contributed by atoms with Crippen molar-refractivity contribution in [3.63, 3.8) is 0 Å². The Bertz CT molecular complexity index is 927. The van der Waals surface area contributed by atoms with Gasteiger partial charge in [0.25, 0.3) is 0 Å².